The first-order chi connectivity index (χ1) is 19.2. The van der Waals surface area contributed by atoms with Gasteiger partial charge in [-0.05, 0) is 36.3 Å². The number of nitrogens with zero attached hydrogens (tertiary/aromatic N) is 6. The summed E-state index contributed by atoms with van der Waals surface area (Å²) in [4.78, 5) is 16.1. The molecule has 2 N–H and O–H groups in total. The van der Waals surface area contributed by atoms with Crippen LogP contribution in [0, 0.1) is 6.92 Å². The zero-order chi connectivity index (χ0) is 26.3. The quantitative estimate of drug-likeness (QED) is 0.302. The first-order valence-corrected chi connectivity index (χ1v) is 13.0. The second kappa shape index (κ2) is 9.33. The van der Waals surface area contributed by atoms with E-state index in [1.54, 1.807) is 0 Å². The van der Waals surface area contributed by atoms with Gasteiger partial charge in [-0.3, -0.25) is 4.99 Å². The summed E-state index contributed by atoms with van der Waals surface area (Å²) in [6.07, 6.45) is 4.02. The predicted molar refractivity (Wildman–Crippen MR) is 159 cm³/mol. The van der Waals surface area contributed by atoms with E-state index < -0.39 is 0 Å². The van der Waals surface area contributed by atoms with Crippen LogP contribution < -0.4 is 15.5 Å². The fourth-order valence-corrected chi connectivity index (χ4v) is 5.31. The fourth-order valence-electron chi connectivity index (χ4n) is 5.31. The Hall–Kier alpha value is -5.11. The van der Waals surface area contributed by atoms with Crippen molar-refractivity contribution in [1.82, 2.24) is 20.2 Å². The second-order valence-electron chi connectivity index (χ2n) is 9.60. The Morgan fingerprint density at radius 2 is 1.72 bits per heavy atom. The molecule has 8 nitrogen and oxygen atoms in total. The van der Waals surface area contributed by atoms with Crippen LogP contribution in [0.3, 0.4) is 0 Å². The van der Waals surface area contributed by atoms with Gasteiger partial charge in [0.15, 0.2) is 5.82 Å². The van der Waals surface area contributed by atoms with E-state index in [4.69, 9.17) is 9.98 Å². The standard InChI is InChI=1S/C31H26N8/c1-19-16-22(35-28-25-11-7-6-10-24(25)27(37-38-28)20-8-4-3-5-9-20)12-13-23(19)26-17-21-18-34-31(32-2)36-29(21)39-15-14-33-30(26)39/h3-13,16-18H,14-15H2,1-2H3,(H,35,38)(H,32,34,36). The molecule has 0 saturated carbocycles. The fraction of sp³-hybridized carbons (Fsp3) is 0.129. The van der Waals surface area contributed by atoms with Crippen molar-refractivity contribution in [3.63, 3.8) is 0 Å². The third-order valence-corrected chi connectivity index (χ3v) is 7.17. The van der Waals surface area contributed by atoms with Crippen molar-refractivity contribution in [3.05, 3.63) is 95.7 Å². The largest absolute Gasteiger partial charge is 0.357 e. The van der Waals surface area contributed by atoms with Gasteiger partial charge in [0, 0.05) is 52.9 Å². The lowest BCUT2D eigenvalue weighted by Crippen LogP contribution is -2.32. The summed E-state index contributed by atoms with van der Waals surface area (Å²) in [5.41, 5.74) is 7.22. The summed E-state index contributed by atoms with van der Waals surface area (Å²) in [7, 11) is 1.83. The topological polar surface area (TPSA) is 91.2 Å². The minimum absolute atomic E-state index is 0.607. The molecule has 0 spiro atoms. The van der Waals surface area contributed by atoms with Gasteiger partial charge in [-0.2, -0.15) is 4.98 Å². The highest BCUT2D eigenvalue weighted by Crippen LogP contribution is 2.37. The van der Waals surface area contributed by atoms with Crippen molar-refractivity contribution < 1.29 is 0 Å². The lowest BCUT2D eigenvalue weighted by molar-refractivity contribution is 0.985. The Kier molecular flexibility index (Phi) is 5.51. The summed E-state index contributed by atoms with van der Waals surface area (Å²) in [5, 5.41) is 17.8. The number of aromatic nitrogens is 4. The minimum atomic E-state index is 0.607. The van der Waals surface area contributed by atoms with E-state index in [1.807, 2.05) is 43.6 Å². The molecule has 5 aromatic rings. The van der Waals surface area contributed by atoms with Crippen molar-refractivity contribution in [1.29, 1.82) is 0 Å². The molecule has 0 aliphatic carbocycles. The highest BCUT2D eigenvalue weighted by atomic mass is 15.3. The molecular formula is C31H26N8. The molecule has 3 aromatic carbocycles. The van der Waals surface area contributed by atoms with Crippen molar-refractivity contribution >= 4 is 51.5 Å². The van der Waals surface area contributed by atoms with Crippen LogP contribution >= 0.6 is 0 Å². The van der Waals surface area contributed by atoms with Crippen molar-refractivity contribution in [2.75, 3.05) is 35.7 Å². The van der Waals surface area contributed by atoms with Gasteiger partial charge in [0.1, 0.15) is 17.3 Å². The molecule has 0 bridgehead atoms. The summed E-state index contributed by atoms with van der Waals surface area (Å²) in [5.74, 6) is 3.19. The third kappa shape index (κ3) is 3.97. The molecular weight excluding hydrogens is 484 g/mol. The predicted octanol–water partition coefficient (Wildman–Crippen LogP) is 5.95. The van der Waals surface area contributed by atoms with E-state index in [0.29, 0.717) is 5.95 Å². The highest BCUT2D eigenvalue weighted by Gasteiger charge is 2.31. The van der Waals surface area contributed by atoms with Crippen LogP contribution in [0.1, 0.15) is 16.7 Å². The van der Waals surface area contributed by atoms with Gasteiger partial charge in [-0.15, -0.1) is 10.2 Å². The molecule has 0 saturated heterocycles. The Morgan fingerprint density at radius 1 is 0.897 bits per heavy atom. The summed E-state index contributed by atoms with van der Waals surface area (Å²) in [6, 6.07) is 24.8. The van der Waals surface area contributed by atoms with Gasteiger partial charge >= 0.3 is 0 Å². The maximum atomic E-state index is 4.83. The van der Waals surface area contributed by atoms with Crippen molar-refractivity contribution in [2.45, 2.75) is 6.92 Å². The zero-order valence-electron chi connectivity index (χ0n) is 21.7. The summed E-state index contributed by atoms with van der Waals surface area (Å²) in [6.45, 7) is 3.68. The molecule has 39 heavy (non-hydrogen) atoms. The molecule has 0 unspecified atom stereocenters. The number of aryl methyl sites for hydroxylation is 1. The molecule has 7 rings (SSSR count). The van der Waals surface area contributed by atoms with Crippen LogP contribution in [-0.2, 0) is 0 Å². The van der Waals surface area contributed by atoms with E-state index in [1.165, 1.54) is 0 Å². The number of anilines is 4. The summed E-state index contributed by atoms with van der Waals surface area (Å²) < 4.78 is 0. The van der Waals surface area contributed by atoms with Gasteiger partial charge in [-0.25, -0.2) is 4.98 Å². The summed E-state index contributed by atoms with van der Waals surface area (Å²) >= 11 is 0. The van der Waals surface area contributed by atoms with Crippen LogP contribution in [0.15, 0.2) is 84.0 Å². The number of fused-ring (bicyclic) bond motifs is 4. The lowest BCUT2D eigenvalue weighted by atomic mass is 9.94. The third-order valence-electron chi connectivity index (χ3n) is 7.17. The van der Waals surface area contributed by atoms with E-state index in [-0.39, 0.29) is 0 Å². The Bertz CT molecular complexity index is 1790. The monoisotopic (exact) mass is 510 g/mol. The Balaban J connectivity index is 1.24. The van der Waals surface area contributed by atoms with Gasteiger partial charge < -0.3 is 15.5 Å². The lowest BCUT2D eigenvalue weighted by Gasteiger charge is -2.28. The second-order valence-corrected chi connectivity index (χ2v) is 9.60. The van der Waals surface area contributed by atoms with Gasteiger partial charge in [0.2, 0.25) is 5.95 Å². The highest BCUT2D eigenvalue weighted by molar-refractivity contribution is 6.35. The molecule has 2 aliphatic rings. The van der Waals surface area contributed by atoms with Gasteiger partial charge in [0.05, 0.1) is 6.54 Å². The number of nitrogens with one attached hydrogen (secondary N) is 2. The molecule has 0 amide bonds. The van der Waals surface area contributed by atoms with Gasteiger partial charge in [0.25, 0.3) is 0 Å². The van der Waals surface area contributed by atoms with Crippen molar-refractivity contribution in [3.8, 4) is 11.3 Å². The average molecular weight is 511 g/mol. The van der Waals surface area contributed by atoms with Crippen LogP contribution in [0.4, 0.5) is 23.3 Å². The Morgan fingerprint density at radius 3 is 2.54 bits per heavy atom. The zero-order valence-corrected chi connectivity index (χ0v) is 21.7. The van der Waals surface area contributed by atoms with Crippen LogP contribution in [-0.4, -0.2) is 46.1 Å². The normalized spacial score (nSPS) is 13.9. The van der Waals surface area contributed by atoms with E-state index in [9.17, 15) is 0 Å². The molecule has 0 fully saturated rings. The number of hydrogen-bond donors (Lipinski definition) is 2. The SMILES string of the molecule is CNc1ncc2c(n1)N1CCN=C1C(c1ccc(Nc3nnc(-c4ccccc4)c4ccccc34)cc1C)=C2. The maximum absolute atomic E-state index is 4.83. The van der Waals surface area contributed by atoms with E-state index in [2.05, 4.69) is 86.2 Å². The van der Waals surface area contributed by atoms with E-state index >= 15 is 0 Å². The van der Waals surface area contributed by atoms with Crippen LogP contribution in [0.25, 0.3) is 33.7 Å². The minimum Gasteiger partial charge on any atom is -0.357 e. The average Bonchev–Trinajstić information content (AvgIpc) is 3.48. The van der Waals surface area contributed by atoms with Crippen LogP contribution in [0.2, 0.25) is 0 Å². The number of aliphatic imine (C=N–C) groups is 1. The molecule has 190 valence electrons. The molecule has 8 heteroatoms. The first kappa shape index (κ1) is 23.0. The number of amidine groups is 1. The molecule has 2 aromatic heterocycles. The molecule has 2 aliphatic heterocycles. The maximum Gasteiger partial charge on any atom is 0.224 e. The first-order valence-electron chi connectivity index (χ1n) is 13.0. The molecule has 0 atom stereocenters. The number of rotatable bonds is 5. The van der Waals surface area contributed by atoms with Crippen LogP contribution in [0.5, 0.6) is 0 Å². The van der Waals surface area contributed by atoms with Gasteiger partial charge in [-0.1, -0.05) is 60.7 Å². The smallest absolute Gasteiger partial charge is 0.224 e. The number of benzene rings is 3. The number of hydrogen-bond acceptors (Lipinski definition) is 8. The Labute approximate surface area is 226 Å². The van der Waals surface area contributed by atoms with Crippen molar-refractivity contribution in [2.24, 2.45) is 4.99 Å². The molecule has 4 heterocycles. The van der Waals surface area contributed by atoms with E-state index in [0.717, 1.165) is 80.5 Å². The molecule has 0 radical (unpaired) electrons.